The van der Waals surface area contributed by atoms with Crippen molar-refractivity contribution in [1.29, 1.82) is 0 Å². The molecule has 2 aromatic carbocycles. The summed E-state index contributed by atoms with van der Waals surface area (Å²) in [5, 5.41) is 12.0. The highest BCUT2D eigenvalue weighted by Crippen LogP contribution is 2.68. The van der Waals surface area contributed by atoms with E-state index in [9.17, 15) is 37.7 Å². The Kier molecular flexibility index (Phi) is 5.22. The number of nitrogens with one attached hydrogen (secondary N) is 1. The molecule has 7 rings (SSSR count). The molecule has 13 heteroatoms. The van der Waals surface area contributed by atoms with Crippen molar-refractivity contribution >= 4 is 46.3 Å². The van der Waals surface area contributed by atoms with E-state index in [-0.39, 0.29) is 39.3 Å². The summed E-state index contributed by atoms with van der Waals surface area (Å²) in [5.74, 6) is -3.42. The lowest BCUT2D eigenvalue weighted by Gasteiger charge is -2.42. The Labute approximate surface area is 226 Å². The molecule has 1 N–H and O–H groups in total. The normalized spacial score (nSPS) is 30.8. The maximum Gasteiger partial charge on any atom is 0.416 e. The first-order chi connectivity index (χ1) is 18.5. The zero-order valence-electron chi connectivity index (χ0n) is 19.8. The fourth-order valence-electron chi connectivity index (χ4n) is 7.30. The highest BCUT2D eigenvalue weighted by molar-refractivity contribution is 8.00. The maximum atomic E-state index is 13.7. The molecule has 3 aromatic rings. The second-order valence-corrected chi connectivity index (χ2v) is 12.6. The number of hydrogen-bond donors (Lipinski definition) is 1. The molecule has 7 atom stereocenters. The first-order valence-electron chi connectivity index (χ1n) is 12.2. The molecular formula is C26H18F3N3O5S2. The molecule has 0 unspecified atom stereocenters. The lowest BCUT2D eigenvalue weighted by Crippen LogP contribution is -2.42. The number of carbonyl (C=O) groups is 2. The molecular weight excluding hydrogens is 555 g/mol. The van der Waals surface area contributed by atoms with Crippen LogP contribution in [0.3, 0.4) is 0 Å². The predicted molar refractivity (Wildman–Crippen MR) is 136 cm³/mol. The van der Waals surface area contributed by atoms with E-state index in [1.54, 1.807) is 12.1 Å². The van der Waals surface area contributed by atoms with E-state index < -0.39 is 46.2 Å². The van der Waals surface area contributed by atoms with Crippen molar-refractivity contribution in [3.05, 3.63) is 84.3 Å². The van der Waals surface area contributed by atoms with Crippen LogP contribution in [0.25, 0.3) is 0 Å². The number of thiazole rings is 1. The number of rotatable bonds is 3. The summed E-state index contributed by atoms with van der Waals surface area (Å²) in [7, 11) is 0. The zero-order valence-corrected chi connectivity index (χ0v) is 21.4. The average molecular weight is 574 g/mol. The van der Waals surface area contributed by atoms with Gasteiger partial charge in [0.15, 0.2) is 0 Å². The van der Waals surface area contributed by atoms with Crippen LogP contribution in [0.4, 0.5) is 24.5 Å². The minimum absolute atomic E-state index is 0.0874. The van der Waals surface area contributed by atoms with Gasteiger partial charge in [-0.1, -0.05) is 29.5 Å². The van der Waals surface area contributed by atoms with Crippen molar-refractivity contribution in [3.63, 3.8) is 0 Å². The van der Waals surface area contributed by atoms with Gasteiger partial charge in [-0.25, -0.2) is 0 Å². The highest BCUT2D eigenvalue weighted by atomic mass is 32.2. The Morgan fingerprint density at radius 3 is 2.44 bits per heavy atom. The van der Waals surface area contributed by atoms with Gasteiger partial charge in [0.1, 0.15) is 0 Å². The molecule has 0 spiro atoms. The average Bonchev–Trinajstić information content (AvgIpc) is 3.62. The van der Waals surface area contributed by atoms with Gasteiger partial charge in [-0.2, -0.15) is 13.2 Å². The van der Waals surface area contributed by atoms with E-state index in [2.05, 4.69) is 4.98 Å². The molecule has 4 aliphatic rings. The monoisotopic (exact) mass is 573 g/mol. The molecule has 3 fully saturated rings. The van der Waals surface area contributed by atoms with E-state index >= 15 is 0 Å². The molecule has 2 saturated carbocycles. The minimum atomic E-state index is -4.62. The fraction of sp³-hybridized carbons (Fsp3) is 0.346. The number of alkyl halides is 3. The number of amides is 2. The summed E-state index contributed by atoms with van der Waals surface area (Å²) in [5.41, 5.74) is -0.464. The molecule has 200 valence electrons. The van der Waals surface area contributed by atoms with Crippen LogP contribution in [-0.2, 0) is 15.8 Å². The molecule has 1 aromatic heterocycles. The van der Waals surface area contributed by atoms with Crippen LogP contribution in [0.1, 0.15) is 28.3 Å². The van der Waals surface area contributed by atoms with E-state index in [4.69, 9.17) is 0 Å². The number of carbonyl (C=O) groups excluding carboxylic acids is 2. The van der Waals surface area contributed by atoms with Crippen LogP contribution in [0, 0.1) is 39.7 Å². The van der Waals surface area contributed by atoms with Gasteiger partial charge in [0.2, 0.25) is 11.8 Å². The second kappa shape index (κ2) is 8.28. The third-order valence-corrected chi connectivity index (χ3v) is 11.2. The van der Waals surface area contributed by atoms with Gasteiger partial charge < -0.3 is 4.98 Å². The number of fused-ring (bicyclic) bond motifs is 9. The van der Waals surface area contributed by atoms with Crippen molar-refractivity contribution in [2.24, 2.45) is 29.6 Å². The molecule has 2 aliphatic heterocycles. The van der Waals surface area contributed by atoms with Crippen molar-refractivity contribution < 1.29 is 27.7 Å². The van der Waals surface area contributed by atoms with Crippen LogP contribution in [-0.4, -0.2) is 27.0 Å². The smallest absolute Gasteiger partial charge is 0.307 e. The number of imide groups is 1. The van der Waals surface area contributed by atoms with E-state index in [0.717, 1.165) is 33.2 Å². The Hall–Kier alpha value is -3.45. The molecule has 2 bridgehead atoms. The van der Waals surface area contributed by atoms with Crippen molar-refractivity contribution in [1.82, 2.24) is 4.98 Å². The lowest BCUT2D eigenvalue weighted by atomic mass is 9.68. The predicted octanol–water partition coefficient (Wildman–Crippen LogP) is 5.04. The number of thioether (sulfide) groups is 1. The number of nitro groups is 1. The third kappa shape index (κ3) is 3.48. The standard InChI is InChI=1S/C26H18F3N3O5S2/c27-26(28,29)11-4-2-5-12(8-11)31-23(33)18-14-9-15(19(18)24(31)34)20-17(14)16(21-22(38-20)30-25(35)39-21)10-3-1-6-13(7-10)32(36)37/h1-8,14-20H,9H2,(H,30,35)/t14-,15+,16-,17+,18+,19+,20-/m0/s1. The Morgan fingerprint density at radius 2 is 1.72 bits per heavy atom. The molecule has 39 heavy (non-hydrogen) atoms. The summed E-state index contributed by atoms with van der Waals surface area (Å²) in [6.07, 6.45) is -4.03. The summed E-state index contributed by atoms with van der Waals surface area (Å²) < 4.78 is 40.1. The summed E-state index contributed by atoms with van der Waals surface area (Å²) in [4.78, 5) is 55.0. The van der Waals surface area contributed by atoms with Gasteiger partial charge in [0.25, 0.3) is 5.69 Å². The number of aromatic nitrogens is 1. The Morgan fingerprint density at radius 1 is 1.00 bits per heavy atom. The van der Waals surface area contributed by atoms with E-state index in [1.165, 1.54) is 36.0 Å². The van der Waals surface area contributed by atoms with Gasteiger partial charge in [-0.15, -0.1) is 11.8 Å². The molecule has 2 aliphatic carbocycles. The quantitative estimate of drug-likeness (QED) is 0.267. The van der Waals surface area contributed by atoms with Crippen molar-refractivity contribution in [2.75, 3.05) is 4.90 Å². The maximum absolute atomic E-state index is 13.7. The van der Waals surface area contributed by atoms with Crippen molar-refractivity contribution in [3.8, 4) is 0 Å². The fourth-order valence-corrected chi connectivity index (χ4v) is 10.2. The largest absolute Gasteiger partial charge is 0.416 e. The number of non-ortho nitro benzene ring substituents is 1. The van der Waals surface area contributed by atoms with Gasteiger partial charge in [0.05, 0.1) is 33.0 Å². The van der Waals surface area contributed by atoms with Gasteiger partial charge in [0, 0.05) is 28.2 Å². The number of H-pyrrole nitrogens is 1. The van der Waals surface area contributed by atoms with Crippen LogP contribution < -0.4 is 9.77 Å². The molecule has 1 saturated heterocycles. The third-order valence-electron chi connectivity index (χ3n) is 8.60. The van der Waals surface area contributed by atoms with Gasteiger partial charge in [-0.05, 0) is 47.9 Å². The lowest BCUT2D eigenvalue weighted by molar-refractivity contribution is -0.384. The van der Waals surface area contributed by atoms with Gasteiger partial charge >= 0.3 is 11.0 Å². The topological polar surface area (TPSA) is 113 Å². The molecule has 3 heterocycles. The number of benzene rings is 2. The van der Waals surface area contributed by atoms with E-state index in [0.29, 0.717) is 17.0 Å². The summed E-state index contributed by atoms with van der Waals surface area (Å²) in [6, 6.07) is 10.5. The SMILES string of the molecule is O=C1[C@@H]2[C@H]3C[C@@H]([C@@H]4Sc5[nH]c(=O)sc5[C@@H](c5cccc([N+](=O)[O-])c5)[C@@H]34)[C@H]2C(=O)N1c1cccc(C(F)(F)F)c1. The van der Waals surface area contributed by atoms with Crippen LogP contribution in [0.15, 0.2) is 58.4 Å². The number of nitrogens with zero attached hydrogens (tertiary/aromatic N) is 2. The van der Waals surface area contributed by atoms with Crippen LogP contribution >= 0.6 is 23.1 Å². The number of anilines is 1. The van der Waals surface area contributed by atoms with Gasteiger partial charge in [-0.3, -0.25) is 29.4 Å². The van der Waals surface area contributed by atoms with E-state index in [1.807, 2.05) is 0 Å². The Bertz CT molecular complexity index is 1630. The number of nitro benzene ring substituents is 1. The first-order valence-corrected chi connectivity index (χ1v) is 13.9. The minimum Gasteiger partial charge on any atom is -0.307 e. The molecule has 8 nitrogen and oxygen atoms in total. The zero-order chi connectivity index (χ0) is 27.4. The van der Waals surface area contributed by atoms with Crippen LogP contribution in [0.5, 0.6) is 0 Å². The summed E-state index contributed by atoms with van der Waals surface area (Å²) in [6.45, 7) is 0. The Balaban J connectivity index is 1.31. The number of halogens is 3. The number of aromatic amines is 1. The summed E-state index contributed by atoms with van der Waals surface area (Å²) >= 11 is 2.51. The highest BCUT2D eigenvalue weighted by Gasteiger charge is 2.69. The number of hydrogen-bond acceptors (Lipinski definition) is 7. The first kappa shape index (κ1) is 24.6. The second-order valence-electron chi connectivity index (χ2n) is 10.4. The molecule has 0 radical (unpaired) electrons. The van der Waals surface area contributed by atoms with Crippen LogP contribution in [0.2, 0.25) is 0 Å². The van der Waals surface area contributed by atoms with Crippen molar-refractivity contribution in [2.45, 2.75) is 28.8 Å². The molecule has 2 amide bonds.